The molecule has 0 aliphatic carbocycles. The summed E-state index contributed by atoms with van der Waals surface area (Å²) in [5.41, 5.74) is 1.05. The average Bonchev–Trinajstić information content (AvgIpc) is 3.12. The second-order valence-corrected chi connectivity index (χ2v) is 13.7. The summed E-state index contributed by atoms with van der Waals surface area (Å²) in [5, 5.41) is 2.30. The quantitative estimate of drug-likeness (QED) is 0.437. The van der Waals surface area contributed by atoms with Crippen molar-refractivity contribution in [3.8, 4) is 5.75 Å². The van der Waals surface area contributed by atoms with E-state index in [9.17, 15) is 21.2 Å². The third-order valence-corrected chi connectivity index (χ3v) is 10.8. The summed E-state index contributed by atoms with van der Waals surface area (Å²) in [6.45, 7) is 2.01. The lowest BCUT2D eigenvalue weighted by Crippen LogP contribution is -2.31. The minimum Gasteiger partial charge on any atom is -0.492 e. The van der Waals surface area contributed by atoms with E-state index in [1.165, 1.54) is 30.6 Å². The van der Waals surface area contributed by atoms with E-state index >= 15 is 0 Å². The molecule has 2 N–H and O–H groups in total. The lowest BCUT2D eigenvalue weighted by Gasteiger charge is -2.17. The molecule has 1 aromatic heterocycles. The zero-order chi connectivity index (χ0) is 23.8. The van der Waals surface area contributed by atoms with Gasteiger partial charge in [0.2, 0.25) is 18.9 Å². The van der Waals surface area contributed by atoms with Gasteiger partial charge in [-0.3, -0.25) is 4.72 Å². The maximum absolute atomic E-state index is 13.5. The van der Waals surface area contributed by atoms with Crippen molar-refractivity contribution in [2.75, 3.05) is 28.2 Å². The van der Waals surface area contributed by atoms with Crippen LogP contribution in [0.25, 0.3) is 10.9 Å². The fourth-order valence-corrected chi connectivity index (χ4v) is 9.86. The summed E-state index contributed by atoms with van der Waals surface area (Å²) in [6.07, 6.45) is 1.32. The van der Waals surface area contributed by atoms with Crippen LogP contribution in [0.4, 0.5) is 21.6 Å². The van der Waals surface area contributed by atoms with Crippen LogP contribution < -0.4 is 14.8 Å². The average molecular weight is 533 g/mol. The first-order valence-electron chi connectivity index (χ1n) is 9.60. The smallest absolute Gasteiger partial charge is 0.237 e. The third-order valence-electron chi connectivity index (χ3n) is 4.73. The van der Waals surface area contributed by atoms with Gasteiger partial charge in [-0.05, 0) is 42.0 Å². The fourth-order valence-electron chi connectivity index (χ4n) is 3.17. The van der Waals surface area contributed by atoms with Gasteiger partial charge in [-0.25, -0.2) is 31.2 Å². The SMILES string of the molecule is CCOc1cc2ncnc(Nc3ccc(F)c(Cl)c3)c2cc1NS(=O)(=O)C1CSS(=O)(=O)C1. The highest BCUT2D eigenvalue weighted by Crippen LogP contribution is 2.36. The monoisotopic (exact) mass is 532 g/mol. The molecular formula is C19H18ClFN4O5S3. The van der Waals surface area contributed by atoms with E-state index in [0.717, 1.165) is 0 Å². The number of benzene rings is 2. The van der Waals surface area contributed by atoms with Crippen LogP contribution in [0, 0.1) is 5.82 Å². The largest absolute Gasteiger partial charge is 0.492 e. The van der Waals surface area contributed by atoms with Crippen molar-refractivity contribution >= 4 is 69.4 Å². The molecule has 1 atom stereocenters. The molecule has 1 aliphatic rings. The van der Waals surface area contributed by atoms with E-state index in [2.05, 4.69) is 20.0 Å². The number of hydrogen-bond acceptors (Lipinski definition) is 9. The van der Waals surface area contributed by atoms with Crippen molar-refractivity contribution < 1.29 is 26.0 Å². The summed E-state index contributed by atoms with van der Waals surface area (Å²) < 4.78 is 70.8. The van der Waals surface area contributed by atoms with Gasteiger partial charge >= 0.3 is 0 Å². The van der Waals surface area contributed by atoms with E-state index in [0.29, 0.717) is 33.2 Å². The Balaban J connectivity index is 1.74. The number of fused-ring (bicyclic) bond motifs is 1. The first-order valence-corrected chi connectivity index (χ1v) is 14.7. The molecule has 33 heavy (non-hydrogen) atoms. The number of anilines is 3. The molecule has 9 nitrogen and oxygen atoms in total. The summed E-state index contributed by atoms with van der Waals surface area (Å²) in [5.74, 6) is -0.538. The molecule has 1 saturated heterocycles. The number of ether oxygens (including phenoxy) is 1. The standard InChI is InChI=1S/C19H18ClFN4O5S3/c1-2-30-18-7-16-13(6-17(18)25-33(28,29)12-8-31-32(26,27)9-12)19(23-10-22-16)24-11-3-4-15(21)14(20)5-11/h3-7,10,12,25H,2,8-9H2,1H3,(H,22,23,24). The molecule has 4 rings (SSSR count). The number of nitrogens with zero attached hydrogens (tertiary/aromatic N) is 2. The molecule has 14 heteroatoms. The predicted octanol–water partition coefficient (Wildman–Crippen LogP) is 3.75. The Labute approximate surface area is 198 Å². The highest BCUT2D eigenvalue weighted by atomic mass is 35.5. The van der Waals surface area contributed by atoms with Gasteiger partial charge in [0.15, 0.2) is 0 Å². The third kappa shape index (κ3) is 5.26. The molecular weight excluding hydrogens is 515 g/mol. The summed E-state index contributed by atoms with van der Waals surface area (Å²) >= 11 is 5.85. The number of rotatable bonds is 7. The fraction of sp³-hybridized carbons (Fsp3) is 0.263. The molecule has 0 saturated carbocycles. The minimum atomic E-state index is -4.03. The van der Waals surface area contributed by atoms with Crippen molar-refractivity contribution in [2.45, 2.75) is 12.2 Å². The molecule has 2 heterocycles. The lowest BCUT2D eigenvalue weighted by atomic mass is 10.2. The summed E-state index contributed by atoms with van der Waals surface area (Å²) in [6, 6.07) is 7.13. The molecule has 176 valence electrons. The highest BCUT2D eigenvalue weighted by Gasteiger charge is 2.38. The van der Waals surface area contributed by atoms with E-state index in [4.69, 9.17) is 16.3 Å². The van der Waals surface area contributed by atoms with Gasteiger partial charge < -0.3 is 10.1 Å². The first-order chi connectivity index (χ1) is 15.6. The molecule has 0 radical (unpaired) electrons. The molecule has 1 fully saturated rings. The Morgan fingerprint density at radius 1 is 1.27 bits per heavy atom. The zero-order valence-corrected chi connectivity index (χ0v) is 20.3. The van der Waals surface area contributed by atoms with Gasteiger partial charge in [0.05, 0.1) is 28.6 Å². The summed E-state index contributed by atoms with van der Waals surface area (Å²) in [4.78, 5) is 8.42. The molecule has 3 aromatic rings. The number of sulfonamides is 1. The van der Waals surface area contributed by atoms with E-state index in [-0.39, 0.29) is 28.8 Å². The summed E-state index contributed by atoms with van der Waals surface area (Å²) in [7, 11) is -6.88. The highest BCUT2D eigenvalue weighted by molar-refractivity contribution is 8.72. The normalized spacial score (nSPS) is 17.7. The van der Waals surface area contributed by atoms with Crippen LogP contribution in [0.2, 0.25) is 5.02 Å². The van der Waals surface area contributed by atoms with E-state index in [1.807, 2.05) is 0 Å². The minimum absolute atomic E-state index is 0.0591. The van der Waals surface area contributed by atoms with Gasteiger partial charge in [0, 0.05) is 22.9 Å². The van der Waals surface area contributed by atoms with Crippen molar-refractivity contribution in [1.29, 1.82) is 0 Å². The van der Waals surface area contributed by atoms with Gasteiger partial charge in [-0.2, -0.15) is 0 Å². The number of aromatic nitrogens is 2. The van der Waals surface area contributed by atoms with Crippen LogP contribution in [0.3, 0.4) is 0 Å². The number of hydrogen-bond donors (Lipinski definition) is 2. The zero-order valence-electron chi connectivity index (χ0n) is 17.1. The van der Waals surface area contributed by atoms with Crippen LogP contribution in [0.1, 0.15) is 6.92 Å². The molecule has 0 amide bonds. The molecule has 2 aromatic carbocycles. The van der Waals surface area contributed by atoms with Gasteiger partial charge in [-0.1, -0.05) is 11.6 Å². The molecule has 1 unspecified atom stereocenters. The van der Waals surface area contributed by atoms with E-state index in [1.54, 1.807) is 13.0 Å². The lowest BCUT2D eigenvalue weighted by molar-refractivity contribution is 0.342. The molecule has 1 aliphatic heterocycles. The van der Waals surface area contributed by atoms with Crippen molar-refractivity contribution in [2.24, 2.45) is 0 Å². The van der Waals surface area contributed by atoms with Crippen LogP contribution in [-0.2, 0) is 18.9 Å². The van der Waals surface area contributed by atoms with Gasteiger partial charge in [0.1, 0.15) is 29.0 Å². The van der Waals surface area contributed by atoms with Gasteiger partial charge in [-0.15, -0.1) is 0 Å². The molecule has 0 bridgehead atoms. The first kappa shape index (κ1) is 23.8. The van der Waals surface area contributed by atoms with Crippen LogP contribution >= 0.6 is 22.4 Å². The van der Waals surface area contributed by atoms with Gasteiger partial charge in [0.25, 0.3) is 0 Å². The van der Waals surface area contributed by atoms with E-state index < -0.39 is 35.7 Å². The molecule has 0 spiro atoms. The van der Waals surface area contributed by atoms with Crippen molar-refractivity contribution in [3.05, 3.63) is 47.5 Å². The number of nitrogens with one attached hydrogen (secondary N) is 2. The van der Waals surface area contributed by atoms with Crippen molar-refractivity contribution in [3.63, 3.8) is 0 Å². The Morgan fingerprint density at radius 2 is 2.06 bits per heavy atom. The predicted molar refractivity (Wildman–Crippen MR) is 128 cm³/mol. The Hall–Kier alpha value is -2.35. The Kier molecular flexibility index (Phi) is 6.58. The second-order valence-electron chi connectivity index (χ2n) is 7.05. The number of halogens is 2. The van der Waals surface area contributed by atoms with Crippen LogP contribution in [-0.4, -0.2) is 50.2 Å². The van der Waals surface area contributed by atoms with Crippen LogP contribution in [0.15, 0.2) is 36.7 Å². The topological polar surface area (TPSA) is 127 Å². The Bertz CT molecular complexity index is 1440. The van der Waals surface area contributed by atoms with Crippen molar-refractivity contribution in [1.82, 2.24) is 9.97 Å². The Morgan fingerprint density at radius 3 is 2.73 bits per heavy atom. The maximum atomic E-state index is 13.5. The van der Waals surface area contributed by atoms with Crippen LogP contribution in [0.5, 0.6) is 5.75 Å². The second kappa shape index (κ2) is 9.12. The maximum Gasteiger partial charge on any atom is 0.237 e.